The maximum Gasteiger partial charge on any atom is 0.124 e. The molecule has 3 heteroatoms. The molecule has 0 fully saturated rings. The first-order valence-electron chi connectivity index (χ1n) is 9.85. The van der Waals surface area contributed by atoms with Gasteiger partial charge in [0.25, 0.3) is 0 Å². The molecule has 0 radical (unpaired) electrons. The molecule has 0 amide bonds. The van der Waals surface area contributed by atoms with Gasteiger partial charge in [-0.3, -0.25) is 0 Å². The Morgan fingerprint density at radius 1 is 0.793 bits per heavy atom. The van der Waals surface area contributed by atoms with Crippen LogP contribution >= 0.6 is 0 Å². The number of rotatable bonds is 5. The summed E-state index contributed by atoms with van der Waals surface area (Å²) in [5.41, 5.74) is 19.7. The van der Waals surface area contributed by atoms with Gasteiger partial charge in [0.2, 0.25) is 0 Å². The number of fused-ring (bicyclic) bond motifs is 1. The van der Waals surface area contributed by atoms with Crippen molar-refractivity contribution in [1.29, 1.82) is 0 Å². The van der Waals surface area contributed by atoms with Crippen LogP contribution in [0.2, 0.25) is 0 Å². The second kappa shape index (κ2) is 7.98. The largest absolute Gasteiger partial charge is 0.489 e. The smallest absolute Gasteiger partial charge is 0.124 e. The summed E-state index contributed by atoms with van der Waals surface area (Å²) in [5.74, 6) is 0.831. The summed E-state index contributed by atoms with van der Waals surface area (Å²) in [6, 6.07) is 25.1. The quantitative estimate of drug-likeness (QED) is 0.432. The molecular weight excluding hydrogens is 356 g/mol. The Balaban J connectivity index is 1.62. The van der Waals surface area contributed by atoms with Crippen LogP contribution in [-0.2, 0) is 13.2 Å². The zero-order valence-corrected chi connectivity index (χ0v) is 16.9. The molecule has 3 nitrogen and oxygen atoms in total. The van der Waals surface area contributed by atoms with E-state index in [2.05, 4.69) is 68.4 Å². The number of ether oxygens (including phenoxy) is 1. The lowest BCUT2D eigenvalue weighted by Gasteiger charge is -2.13. The van der Waals surface area contributed by atoms with Gasteiger partial charge in [-0.15, -0.1) is 0 Å². The highest BCUT2D eigenvalue weighted by Gasteiger charge is 2.08. The van der Waals surface area contributed by atoms with Gasteiger partial charge in [-0.25, -0.2) is 0 Å². The molecule has 0 unspecified atom stereocenters. The topological polar surface area (TPSA) is 61.3 Å². The Kier molecular flexibility index (Phi) is 5.24. The zero-order valence-electron chi connectivity index (χ0n) is 16.9. The first-order chi connectivity index (χ1) is 14.0. The van der Waals surface area contributed by atoms with Crippen molar-refractivity contribution in [3.05, 3.63) is 95.1 Å². The molecule has 4 aromatic rings. The fourth-order valence-corrected chi connectivity index (χ4v) is 3.67. The second-order valence-corrected chi connectivity index (χ2v) is 7.57. The van der Waals surface area contributed by atoms with Gasteiger partial charge in [0.05, 0.1) is 0 Å². The number of nitrogen functional groups attached to an aromatic ring is 1. The van der Waals surface area contributed by atoms with Crippen LogP contribution in [0.1, 0.15) is 22.3 Å². The van der Waals surface area contributed by atoms with Crippen LogP contribution in [0, 0.1) is 13.8 Å². The lowest BCUT2D eigenvalue weighted by atomic mass is 9.97. The van der Waals surface area contributed by atoms with Gasteiger partial charge >= 0.3 is 0 Å². The van der Waals surface area contributed by atoms with E-state index < -0.39 is 0 Å². The van der Waals surface area contributed by atoms with Crippen LogP contribution < -0.4 is 16.2 Å². The third kappa shape index (κ3) is 4.10. The molecule has 29 heavy (non-hydrogen) atoms. The van der Waals surface area contributed by atoms with Crippen molar-refractivity contribution in [1.82, 2.24) is 0 Å². The summed E-state index contributed by atoms with van der Waals surface area (Å²) in [6.45, 7) is 5.13. The van der Waals surface area contributed by atoms with E-state index in [1.54, 1.807) is 0 Å². The summed E-state index contributed by atoms with van der Waals surface area (Å²) in [7, 11) is 0. The molecule has 0 saturated heterocycles. The molecule has 0 aliphatic carbocycles. The van der Waals surface area contributed by atoms with Crippen LogP contribution in [0.15, 0.2) is 72.8 Å². The van der Waals surface area contributed by atoms with Gasteiger partial charge in [-0.05, 0) is 77.2 Å². The number of nitrogens with two attached hydrogens (primary N) is 2. The average molecular weight is 383 g/mol. The Labute approximate surface area is 171 Å². The minimum absolute atomic E-state index is 0.427. The van der Waals surface area contributed by atoms with Crippen molar-refractivity contribution in [2.24, 2.45) is 5.73 Å². The minimum Gasteiger partial charge on any atom is -0.489 e. The second-order valence-electron chi connectivity index (χ2n) is 7.57. The summed E-state index contributed by atoms with van der Waals surface area (Å²) in [4.78, 5) is 0. The molecule has 0 aromatic heterocycles. The molecular formula is C26H26N2O. The monoisotopic (exact) mass is 382 g/mol. The maximum atomic E-state index is 6.05. The lowest BCUT2D eigenvalue weighted by Crippen LogP contribution is -2.03. The fraction of sp³-hybridized carbons (Fsp3) is 0.154. The normalized spacial score (nSPS) is 11.0. The van der Waals surface area contributed by atoms with Crippen LogP contribution in [-0.4, -0.2) is 0 Å². The Hall–Kier alpha value is -3.30. The highest BCUT2D eigenvalue weighted by molar-refractivity contribution is 5.92. The molecule has 146 valence electrons. The number of benzene rings is 4. The zero-order chi connectivity index (χ0) is 20.4. The van der Waals surface area contributed by atoms with Crippen LogP contribution in [0.5, 0.6) is 5.75 Å². The SMILES string of the molecule is Cc1ccc(COc2ccc(-c3ccc4c(C)cc(N)cc4c3)cc2CN)cc1. The van der Waals surface area contributed by atoms with Crippen molar-refractivity contribution in [2.75, 3.05) is 5.73 Å². The fourth-order valence-electron chi connectivity index (χ4n) is 3.67. The van der Waals surface area contributed by atoms with E-state index in [4.69, 9.17) is 16.2 Å². The van der Waals surface area contributed by atoms with E-state index in [0.29, 0.717) is 13.2 Å². The van der Waals surface area contributed by atoms with Crippen molar-refractivity contribution in [3.8, 4) is 16.9 Å². The van der Waals surface area contributed by atoms with Gasteiger partial charge in [0.1, 0.15) is 12.4 Å². The van der Waals surface area contributed by atoms with E-state index >= 15 is 0 Å². The molecule has 0 saturated carbocycles. The number of hydrogen-bond donors (Lipinski definition) is 2. The first-order valence-corrected chi connectivity index (χ1v) is 9.85. The van der Waals surface area contributed by atoms with Crippen LogP contribution in [0.3, 0.4) is 0 Å². The summed E-state index contributed by atoms with van der Waals surface area (Å²) >= 11 is 0. The van der Waals surface area contributed by atoms with E-state index in [-0.39, 0.29) is 0 Å². The maximum absolute atomic E-state index is 6.05. The molecule has 4 aromatic carbocycles. The number of aryl methyl sites for hydroxylation is 2. The lowest BCUT2D eigenvalue weighted by molar-refractivity contribution is 0.303. The Morgan fingerprint density at radius 2 is 1.52 bits per heavy atom. The van der Waals surface area contributed by atoms with Crippen LogP contribution in [0.25, 0.3) is 21.9 Å². The summed E-state index contributed by atoms with van der Waals surface area (Å²) < 4.78 is 6.05. The van der Waals surface area contributed by atoms with E-state index in [9.17, 15) is 0 Å². The Bertz CT molecular complexity index is 1160. The molecule has 4 N–H and O–H groups in total. The summed E-state index contributed by atoms with van der Waals surface area (Å²) in [6.07, 6.45) is 0. The van der Waals surface area contributed by atoms with Gasteiger partial charge in [0, 0.05) is 17.8 Å². The molecule has 0 aliphatic heterocycles. The van der Waals surface area contributed by atoms with Crippen molar-refractivity contribution in [2.45, 2.75) is 27.0 Å². The third-order valence-electron chi connectivity index (χ3n) is 5.31. The highest BCUT2D eigenvalue weighted by Crippen LogP contribution is 2.31. The number of anilines is 1. The molecule has 0 heterocycles. The van der Waals surface area contributed by atoms with E-state index in [1.165, 1.54) is 16.5 Å². The molecule has 0 bridgehead atoms. The standard InChI is InChI=1S/C26H26N2O/c1-17-3-5-19(6-4-17)16-29-26-10-8-21(13-23(26)15-27)20-7-9-25-18(2)11-24(28)14-22(25)12-20/h3-14H,15-16,27-28H2,1-2H3. The predicted molar refractivity (Wildman–Crippen MR) is 122 cm³/mol. The van der Waals surface area contributed by atoms with Gasteiger partial charge in [-0.2, -0.15) is 0 Å². The predicted octanol–water partition coefficient (Wildman–Crippen LogP) is 5.74. The van der Waals surface area contributed by atoms with E-state index in [1.807, 2.05) is 18.2 Å². The Morgan fingerprint density at radius 3 is 2.28 bits per heavy atom. The van der Waals surface area contributed by atoms with Gasteiger partial charge in [-0.1, -0.05) is 48.0 Å². The van der Waals surface area contributed by atoms with Gasteiger partial charge in [0.15, 0.2) is 0 Å². The summed E-state index contributed by atoms with van der Waals surface area (Å²) in [5, 5.41) is 2.37. The molecule has 0 atom stereocenters. The highest BCUT2D eigenvalue weighted by atomic mass is 16.5. The molecule has 4 rings (SSSR count). The van der Waals surface area contributed by atoms with E-state index in [0.717, 1.165) is 39.1 Å². The minimum atomic E-state index is 0.427. The first kappa shape index (κ1) is 19.0. The molecule has 0 spiro atoms. The van der Waals surface area contributed by atoms with Crippen molar-refractivity contribution < 1.29 is 4.74 Å². The van der Waals surface area contributed by atoms with Crippen molar-refractivity contribution in [3.63, 3.8) is 0 Å². The number of hydrogen-bond acceptors (Lipinski definition) is 3. The van der Waals surface area contributed by atoms with Crippen LogP contribution in [0.4, 0.5) is 5.69 Å². The average Bonchev–Trinajstić information content (AvgIpc) is 2.72. The van der Waals surface area contributed by atoms with Gasteiger partial charge < -0.3 is 16.2 Å². The molecule has 0 aliphatic rings. The third-order valence-corrected chi connectivity index (χ3v) is 5.31. The van der Waals surface area contributed by atoms with Crippen molar-refractivity contribution >= 4 is 16.5 Å².